The number of fused-ring (bicyclic) bond motifs is 2. The van der Waals surface area contributed by atoms with E-state index in [0.717, 1.165) is 30.4 Å². The van der Waals surface area contributed by atoms with Gasteiger partial charge in [0.05, 0.1) is 5.60 Å². The lowest BCUT2D eigenvalue weighted by molar-refractivity contribution is -0.155. The lowest BCUT2D eigenvalue weighted by Gasteiger charge is -2.38. The van der Waals surface area contributed by atoms with Gasteiger partial charge in [-0.05, 0) is 25.9 Å². The molecule has 2 aliphatic heterocycles. The van der Waals surface area contributed by atoms with Crippen molar-refractivity contribution in [1.82, 2.24) is 5.32 Å². The molecule has 2 heterocycles. The molecule has 1 spiro atoms. The van der Waals surface area contributed by atoms with E-state index in [-0.39, 0.29) is 11.5 Å². The van der Waals surface area contributed by atoms with Crippen molar-refractivity contribution in [3.63, 3.8) is 0 Å². The first-order valence-electron chi connectivity index (χ1n) is 5.83. The number of hydrogen-bond donors (Lipinski definition) is 2. The van der Waals surface area contributed by atoms with Gasteiger partial charge in [0.2, 0.25) is 0 Å². The van der Waals surface area contributed by atoms with E-state index in [1.807, 2.05) is 0 Å². The van der Waals surface area contributed by atoms with Gasteiger partial charge >= 0.3 is 0 Å². The molecule has 1 aliphatic carbocycles. The molecule has 0 radical (unpaired) electrons. The smallest absolute Gasteiger partial charge is 0.162 e. The number of rotatable bonds is 0. The summed E-state index contributed by atoms with van der Waals surface area (Å²) in [4.78, 5) is 0. The topological polar surface area (TPSA) is 41.5 Å². The highest BCUT2D eigenvalue weighted by Crippen LogP contribution is 2.48. The first-order valence-corrected chi connectivity index (χ1v) is 6.63. The van der Waals surface area contributed by atoms with Crippen LogP contribution in [0.4, 0.5) is 0 Å². The Labute approximate surface area is 104 Å². The molecule has 0 unspecified atom stereocenters. The van der Waals surface area contributed by atoms with Gasteiger partial charge in [-0.15, -0.1) is 0 Å². The van der Waals surface area contributed by atoms with Crippen molar-refractivity contribution < 1.29 is 9.84 Å². The van der Waals surface area contributed by atoms with Gasteiger partial charge in [0.25, 0.3) is 0 Å². The molecule has 2 saturated heterocycles. The SMILES string of the molecule is O[C@@H]1OC2(CCNCC2)[C@H]2C=CC(Br)=C[C@@H]12. The molecule has 0 amide bonds. The molecule has 3 atom stereocenters. The van der Waals surface area contributed by atoms with E-state index >= 15 is 0 Å². The number of nitrogens with one attached hydrogen (secondary N) is 1. The second-order valence-corrected chi connectivity index (χ2v) is 5.75. The molecule has 3 nitrogen and oxygen atoms in total. The Bertz CT molecular complexity index is 347. The minimum Gasteiger partial charge on any atom is -0.367 e. The van der Waals surface area contributed by atoms with E-state index in [4.69, 9.17) is 4.74 Å². The van der Waals surface area contributed by atoms with Crippen LogP contribution in [-0.4, -0.2) is 30.1 Å². The molecule has 16 heavy (non-hydrogen) atoms. The first-order chi connectivity index (χ1) is 7.71. The van der Waals surface area contributed by atoms with E-state index in [1.165, 1.54) is 0 Å². The third kappa shape index (κ3) is 1.59. The molecule has 88 valence electrons. The Morgan fingerprint density at radius 1 is 1.44 bits per heavy atom. The molecule has 0 aromatic heterocycles. The summed E-state index contributed by atoms with van der Waals surface area (Å²) in [7, 11) is 0. The van der Waals surface area contributed by atoms with E-state index < -0.39 is 6.29 Å². The van der Waals surface area contributed by atoms with Gasteiger partial charge in [-0.25, -0.2) is 0 Å². The van der Waals surface area contributed by atoms with Crippen LogP contribution in [0.1, 0.15) is 12.8 Å². The van der Waals surface area contributed by atoms with Gasteiger partial charge in [0, 0.05) is 16.3 Å². The Kier molecular flexibility index (Phi) is 2.70. The molecule has 0 aromatic carbocycles. The monoisotopic (exact) mass is 285 g/mol. The predicted octanol–water partition coefficient (Wildman–Crippen LogP) is 1.54. The molecule has 0 aromatic rings. The predicted molar refractivity (Wildman–Crippen MR) is 65.1 cm³/mol. The van der Waals surface area contributed by atoms with Crippen LogP contribution in [0.25, 0.3) is 0 Å². The van der Waals surface area contributed by atoms with Crippen molar-refractivity contribution in [3.8, 4) is 0 Å². The first kappa shape index (κ1) is 11.0. The van der Waals surface area contributed by atoms with Crippen molar-refractivity contribution in [2.45, 2.75) is 24.7 Å². The number of allylic oxidation sites excluding steroid dienone is 2. The molecular formula is C12H16BrNO2. The zero-order valence-corrected chi connectivity index (χ0v) is 10.6. The quantitative estimate of drug-likeness (QED) is 0.710. The number of hydrogen-bond acceptors (Lipinski definition) is 3. The molecule has 3 rings (SSSR count). The zero-order chi connectivity index (χ0) is 11.2. The summed E-state index contributed by atoms with van der Waals surface area (Å²) in [6.45, 7) is 1.96. The fourth-order valence-corrected chi connectivity index (χ4v) is 3.61. The highest BCUT2D eigenvalue weighted by molar-refractivity contribution is 9.11. The summed E-state index contributed by atoms with van der Waals surface area (Å²) in [6, 6.07) is 0. The van der Waals surface area contributed by atoms with Crippen molar-refractivity contribution >= 4 is 15.9 Å². The second-order valence-electron chi connectivity index (χ2n) is 4.84. The van der Waals surface area contributed by atoms with Crippen molar-refractivity contribution in [2.24, 2.45) is 11.8 Å². The van der Waals surface area contributed by atoms with Crippen LogP contribution in [0.15, 0.2) is 22.7 Å². The Morgan fingerprint density at radius 3 is 2.94 bits per heavy atom. The second kappa shape index (κ2) is 3.95. The summed E-state index contributed by atoms with van der Waals surface area (Å²) in [5.41, 5.74) is -0.143. The van der Waals surface area contributed by atoms with E-state index in [2.05, 4.69) is 39.5 Å². The zero-order valence-electron chi connectivity index (χ0n) is 9.03. The maximum Gasteiger partial charge on any atom is 0.162 e. The lowest BCUT2D eigenvalue weighted by atomic mass is 9.74. The summed E-state index contributed by atoms with van der Waals surface area (Å²) in [5, 5.41) is 13.4. The average molecular weight is 286 g/mol. The van der Waals surface area contributed by atoms with Crippen molar-refractivity contribution in [3.05, 3.63) is 22.7 Å². The number of piperidine rings is 1. The molecule has 0 bridgehead atoms. The molecule has 3 aliphatic rings. The van der Waals surface area contributed by atoms with Gasteiger partial charge in [-0.2, -0.15) is 0 Å². The Balaban J connectivity index is 1.91. The Morgan fingerprint density at radius 2 is 2.19 bits per heavy atom. The maximum atomic E-state index is 10.0. The number of aliphatic hydroxyl groups excluding tert-OH is 1. The maximum absolute atomic E-state index is 10.0. The van der Waals surface area contributed by atoms with Crippen LogP contribution < -0.4 is 5.32 Å². The largest absolute Gasteiger partial charge is 0.367 e. The van der Waals surface area contributed by atoms with Crippen LogP contribution >= 0.6 is 15.9 Å². The standard InChI is InChI=1S/C12H16BrNO2/c13-8-1-2-10-9(7-8)11(15)16-12(10)3-5-14-6-4-12/h1-2,7,9-11,14-15H,3-6H2/t9-,10+,11-/m1/s1. The molecule has 2 N–H and O–H groups in total. The van der Waals surface area contributed by atoms with Gasteiger partial charge in [-0.3, -0.25) is 0 Å². The normalized spacial score (nSPS) is 40.9. The van der Waals surface area contributed by atoms with Crippen LogP contribution in [0, 0.1) is 11.8 Å². The van der Waals surface area contributed by atoms with Crippen molar-refractivity contribution in [2.75, 3.05) is 13.1 Å². The van der Waals surface area contributed by atoms with Gasteiger partial charge in [-0.1, -0.05) is 34.2 Å². The van der Waals surface area contributed by atoms with Gasteiger partial charge in [0.15, 0.2) is 6.29 Å². The molecule has 4 heteroatoms. The number of ether oxygens (including phenoxy) is 1. The molecule has 2 fully saturated rings. The molecule has 0 saturated carbocycles. The summed E-state index contributed by atoms with van der Waals surface area (Å²) >= 11 is 3.46. The highest BCUT2D eigenvalue weighted by atomic mass is 79.9. The minimum absolute atomic E-state index is 0.109. The van der Waals surface area contributed by atoms with Crippen LogP contribution in [-0.2, 0) is 4.74 Å². The average Bonchev–Trinajstić information content (AvgIpc) is 2.53. The minimum atomic E-state index is -0.652. The van der Waals surface area contributed by atoms with E-state index in [0.29, 0.717) is 5.92 Å². The third-order valence-corrected chi connectivity index (χ3v) is 4.50. The van der Waals surface area contributed by atoms with E-state index in [1.54, 1.807) is 0 Å². The fraction of sp³-hybridized carbons (Fsp3) is 0.667. The third-order valence-electron chi connectivity index (χ3n) is 3.97. The van der Waals surface area contributed by atoms with Crippen molar-refractivity contribution in [1.29, 1.82) is 0 Å². The van der Waals surface area contributed by atoms with Crippen LogP contribution in [0.5, 0.6) is 0 Å². The summed E-state index contributed by atoms with van der Waals surface area (Å²) < 4.78 is 6.93. The number of halogens is 1. The Hall–Kier alpha value is -0.160. The summed E-state index contributed by atoms with van der Waals surface area (Å²) in [6.07, 6.45) is 7.66. The highest BCUT2D eigenvalue weighted by Gasteiger charge is 2.53. The molecular weight excluding hydrogens is 270 g/mol. The van der Waals surface area contributed by atoms with Gasteiger partial charge < -0.3 is 15.2 Å². The van der Waals surface area contributed by atoms with E-state index in [9.17, 15) is 5.11 Å². The lowest BCUT2D eigenvalue weighted by Crippen LogP contribution is -2.46. The fourth-order valence-electron chi connectivity index (χ4n) is 3.15. The summed E-state index contributed by atoms with van der Waals surface area (Å²) in [5.74, 6) is 0.434. The van der Waals surface area contributed by atoms with Crippen LogP contribution in [0.3, 0.4) is 0 Å². The van der Waals surface area contributed by atoms with Gasteiger partial charge in [0.1, 0.15) is 0 Å². The van der Waals surface area contributed by atoms with Crippen LogP contribution in [0.2, 0.25) is 0 Å². The number of aliphatic hydroxyl groups is 1.